The van der Waals surface area contributed by atoms with Crippen LogP contribution in [0.1, 0.15) is 12.8 Å². The molecule has 1 saturated heterocycles. The Morgan fingerprint density at radius 3 is 2.35 bits per heavy atom. The quantitative estimate of drug-likeness (QED) is 0.555. The maximum atomic E-state index is 12.8. The molecule has 0 spiro atoms. The Hall–Kier alpha value is -2.09. The minimum atomic E-state index is -3.43. The van der Waals surface area contributed by atoms with Crippen LogP contribution in [0.15, 0.2) is 28.1 Å². The molecule has 1 amide bonds. The number of hydrogen-bond donors (Lipinski definition) is 0. The van der Waals surface area contributed by atoms with E-state index in [1.54, 1.807) is 6.07 Å². The smallest absolute Gasteiger partial charge is 0.325 e. The van der Waals surface area contributed by atoms with Crippen LogP contribution in [-0.4, -0.2) is 70.3 Å². The zero-order valence-electron chi connectivity index (χ0n) is 17.3. The summed E-state index contributed by atoms with van der Waals surface area (Å²) < 4.78 is 55.2. The Kier molecular flexibility index (Phi) is 6.69. The molecule has 1 aromatic heterocycles. The number of amides is 1. The molecule has 31 heavy (non-hydrogen) atoms. The van der Waals surface area contributed by atoms with Crippen LogP contribution >= 0.6 is 11.3 Å². The molecular formula is C18H23N3O7S3. The third-order valence-corrected chi connectivity index (χ3v) is 8.53. The zero-order chi connectivity index (χ0) is 23.0. The lowest BCUT2D eigenvalue weighted by Gasteiger charge is -2.28. The molecule has 0 aliphatic carbocycles. The third-order valence-electron chi connectivity index (χ3n) is 5.08. The molecule has 0 bridgehead atoms. The fourth-order valence-corrected chi connectivity index (χ4v) is 6.01. The van der Waals surface area contributed by atoms with E-state index in [2.05, 4.69) is 4.99 Å². The Bertz CT molecular complexity index is 1300. The number of esters is 1. The molecule has 0 radical (unpaired) electrons. The van der Waals surface area contributed by atoms with Crippen LogP contribution in [0.2, 0.25) is 0 Å². The van der Waals surface area contributed by atoms with Crippen LogP contribution in [0, 0.1) is 5.92 Å². The van der Waals surface area contributed by atoms with Crippen molar-refractivity contribution >= 4 is 53.3 Å². The molecule has 170 valence electrons. The third kappa shape index (κ3) is 5.40. The van der Waals surface area contributed by atoms with Gasteiger partial charge in [-0.15, -0.1) is 0 Å². The Morgan fingerprint density at radius 2 is 1.81 bits per heavy atom. The van der Waals surface area contributed by atoms with Gasteiger partial charge in [-0.2, -0.15) is 4.99 Å². The zero-order valence-corrected chi connectivity index (χ0v) is 19.7. The number of ether oxygens (including phenoxy) is 1. The van der Waals surface area contributed by atoms with Gasteiger partial charge in [0.1, 0.15) is 6.54 Å². The molecule has 2 aromatic rings. The number of carbonyl (C=O) groups excluding carboxylic acids is 2. The maximum absolute atomic E-state index is 12.8. The van der Waals surface area contributed by atoms with Crippen molar-refractivity contribution in [2.45, 2.75) is 24.3 Å². The molecule has 1 aliphatic heterocycles. The number of benzene rings is 1. The van der Waals surface area contributed by atoms with Crippen LogP contribution in [0.5, 0.6) is 0 Å². The van der Waals surface area contributed by atoms with E-state index in [1.807, 2.05) is 0 Å². The van der Waals surface area contributed by atoms with E-state index in [4.69, 9.17) is 4.74 Å². The summed E-state index contributed by atoms with van der Waals surface area (Å²) in [5, 5.41) is 0. The summed E-state index contributed by atoms with van der Waals surface area (Å²) in [4.78, 5) is 29.3. The first-order valence-corrected chi connectivity index (χ1v) is 13.9. The van der Waals surface area contributed by atoms with E-state index in [-0.39, 0.29) is 29.3 Å². The van der Waals surface area contributed by atoms with E-state index >= 15 is 0 Å². The van der Waals surface area contributed by atoms with Gasteiger partial charge in [-0.05, 0) is 31.0 Å². The number of fused-ring (bicyclic) bond motifs is 1. The summed E-state index contributed by atoms with van der Waals surface area (Å²) in [5.74, 6) is -1.37. The van der Waals surface area contributed by atoms with Gasteiger partial charge in [0.05, 0.1) is 28.5 Å². The molecule has 0 unspecified atom stereocenters. The number of methoxy groups -OCH3 is 1. The molecule has 10 nitrogen and oxygen atoms in total. The van der Waals surface area contributed by atoms with E-state index in [0.717, 1.165) is 23.8 Å². The second kappa shape index (κ2) is 8.81. The highest BCUT2D eigenvalue weighted by Gasteiger charge is 2.29. The second-order valence-electron chi connectivity index (χ2n) is 7.33. The van der Waals surface area contributed by atoms with E-state index in [0.29, 0.717) is 23.1 Å². The maximum Gasteiger partial charge on any atom is 0.325 e. The lowest BCUT2D eigenvalue weighted by atomic mass is 9.98. The summed E-state index contributed by atoms with van der Waals surface area (Å²) in [7, 11) is -5.48. The molecule has 1 aliphatic rings. The Balaban J connectivity index is 1.99. The predicted octanol–water partition coefficient (Wildman–Crippen LogP) is 0.378. The van der Waals surface area contributed by atoms with Crippen molar-refractivity contribution < 1.29 is 31.2 Å². The summed E-state index contributed by atoms with van der Waals surface area (Å²) >= 11 is 1.10. The SMILES string of the molecule is COC(=O)Cn1c(=NC(=O)C2CCN(S(C)(=O)=O)CC2)sc2cc(S(C)(=O)=O)ccc21. The van der Waals surface area contributed by atoms with Crippen LogP contribution in [0.4, 0.5) is 0 Å². The standard InChI is InChI=1S/C18H23N3O7S3/c1-28-16(22)11-21-14-5-4-13(30(2,24)25)10-15(14)29-18(21)19-17(23)12-6-8-20(9-7-12)31(3,26)27/h4-5,10,12H,6-9,11H2,1-3H3. The van der Waals surface area contributed by atoms with E-state index in [9.17, 15) is 26.4 Å². The Morgan fingerprint density at radius 1 is 1.16 bits per heavy atom. The summed E-state index contributed by atoms with van der Waals surface area (Å²) in [5.41, 5.74) is 0.557. The van der Waals surface area contributed by atoms with Crippen LogP contribution < -0.4 is 4.80 Å². The monoisotopic (exact) mass is 489 g/mol. The van der Waals surface area contributed by atoms with Gasteiger partial charge in [-0.1, -0.05) is 11.3 Å². The highest BCUT2D eigenvalue weighted by molar-refractivity contribution is 7.90. The average molecular weight is 490 g/mol. The number of rotatable bonds is 5. The minimum absolute atomic E-state index is 0.123. The van der Waals surface area contributed by atoms with E-state index < -0.39 is 37.7 Å². The molecule has 0 saturated carbocycles. The van der Waals surface area contributed by atoms with Crippen LogP contribution in [0.3, 0.4) is 0 Å². The number of hydrogen-bond acceptors (Lipinski definition) is 8. The van der Waals surface area contributed by atoms with E-state index in [1.165, 1.54) is 28.1 Å². The van der Waals surface area contributed by atoms with Crippen molar-refractivity contribution in [2.24, 2.45) is 10.9 Å². The summed E-state index contributed by atoms with van der Waals surface area (Å²) in [6.07, 6.45) is 2.95. The molecule has 0 atom stereocenters. The molecule has 3 rings (SSSR count). The summed E-state index contributed by atoms with van der Waals surface area (Å²) in [6, 6.07) is 4.49. The molecule has 1 aromatic carbocycles. The highest BCUT2D eigenvalue weighted by atomic mass is 32.2. The lowest BCUT2D eigenvalue weighted by molar-refractivity contribution is -0.141. The second-order valence-corrected chi connectivity index (χ2v) is 12.3. The number of nitrogens with zero attached hydrogens (tertiary/aromatic N) is 3. The number of piperidine rings is 1. The Labute approximate surface area is 184 Å². The van der Waals surface area contributed by atoms with Gasteiger partial charge >= 0.3 is 5.97 Å². The number of carbonyl (C=O) groups is 2. The first-order valence-electron chi connectivity index (χ1n) is 9.34. The molecular weight excluding hydrogens is 466 g/mol. The van der Waals surface area contributed by atoms with Gasteiger partial charge < -0.3 is 9.30 Å². The van der Waals surface area contributed by atoms with Crippen molar-refractivity contribution in [3.05, 3.63) is 23.0 Å². The van der Waals surface area contributed by atoms with Crippen molar-refractivity contribution in [3.8, 4) is 0 Å². The van der Waals surface area contributed by atoms with Gasteiger partial charge in [0, 0.05) is 25.3 Å². The van der Waals surface area contributed by atoms with Crippen molar-refractivity contribution in [3.63, 3.8) is 0 Å². The highest BCUT2D eigenvalue weighted by Crippen LogP contribution is 2.23. The van der Waals surface area contributed by atoms with Gasteiger partial charge in [0.25, 0.3) is 5.91 Å². The van der Waals surface area contributed by atoms with Crippen LogP contribution in [-0.2, 0) is 40.7 Å². The average Bonchev–Trinajstić information content (AvgIpc) is 3.02. The molecule has 0 N–H and O–H groups in total. The van der Waals surface area contributed by atoms with Gasteiger partial charge in [-0.3, -0.25) is 9.59 Å². The minimum Gasteiger partial charge on any atom is -0.468 e. The lowest BCUT2D eigenvalue weighted by Crippen LogP contribution is -2.39. The summed E-state index contributed by atoms with van der Waals surface area (Å²) in [6.45, 7) is 0.307. The molecule has 1 fully saturated rings. The van der Waals surface area contributed by atoms with Gasteiger partial charge in [0.15, 0.2) is 14.6 Å². The molecule has 13 heteroatoms. The largest absolute Gasteiger partial charge is 0.468 e. The van der Waals surface area contributed by atoms with Crippen molar-refractivity contribution in [1.82, 2.24) is 8.87 Å². The number of thiazole rings is 1. The first kappa shape index (κ1) is 23.6. The van der Waals surface area contributed by atoms with Gasteiger partial charge in [-0.25, -0.2) is 21.1 Å². The molecule has 2 heterocycles. The number of aromatic nitrogens is 1. The fourth-order valence-electron chi connectivity index (χ4n) is 3.34. The normalized spacial score (nSPS) is 17.2. The fraction of sp³-hybridized carbons (Fsp3) is 0.500. The van der Waals surface area contributed by atoms with Crippen molar-refractivity contribution in [2.75, 3.05) is 32.7 Å². The van der Waals surface area contributed by atoms with Gasteiger partial charge in [0.2, 0.25) is 10.0 Å². The first-order chi connectivity index (χ1) is 14.4. The predicted molar refractivity (Wildman–Crippen MR) is 115 cm³/mol. The van der Waals surface area contributed by atoms with Crippen molar-refractivity contribution in [1.29, 1.82) is 0 Å². The topological polar surface area (TPSA) is 132 Å². The van der Waals surface area contributed by atoms with Crippen LogP contribution in [0.25, 0.3) is 10.2 Å². The number of sulfone groups is 1. The number of sulfonamides is 1.